The van der Waals surface area contributed by atoms with Gasteiger partial charge in [-0.2, -0.15) is 0 Å². The zero-order valence-corrected chi connectivity index (χ0v) is 13.3. The molecule has 0 aromatic heterocycles. The Morgan fingerprint density at radius 1 is 1.24 bits per heavy atom. The second-order valence-electron chi connectivity index (χ2n) is 5.45. The molecule has 116 valence electrons. The van der Waals surface area contributed by atoms with E-state index < -0.39 is 0 Å². The van der Waals surface area contributed by atoms with Gasteiger partial charge in [-0.25, -0.2) is 0 Å². The quantitative estimate of drug-likeness (QED) is 0.897. The normalized spacial score (nSPS) is 17.1. The minimum Gasteiger partial charge on any atom is -0.493 e. The molecule has 0 radical (unpaired) electrons. The molecule has 21 heavy (non-hydrogen) atoms. The highest BCUT2D eigenvalue weighted by Gasteiger charge is 2.34. The van der Waals surface area contributed by atoms with Crippen LogP contribution in [0, 0.1) is 5.41 Å². The minimum absolute atomic E-state index is 0.0156. The number of halogens is 1. The number of rotatable bonds is 4. The maximum absolute atomic E-state index is 12.5. The van der Waals surface area contributed by atoms with Gasteiger partial charge in [-0.15, -0.1) is 0 Å². The number of benzene rings is 1. The zero-order valence-electron chi connectivity index (χ0n) is 12.6. The summed E-state index contributed by atoms with van der Waals surface area (Å²) in [4.78, 5) is 12.5. The summed E-state index contributed by atoms with van der Waals surface area (Å²) in [6.45, 7) is 3.69. The van der Waals surface area contributed by atoms with Gasteiger partial charge in [-0.3, -0.25) is 4.79 Å². The Labute approximate surface area is 130 Å². The number of carbonyl (C=O) groups excluding carboxylic acids is 1. The van der Waals surface area contributed by atoms with Gasteiger partial charge in [0.25, 0.3) is 0 Å². The van der Waals surface area contributed by atoms with Crippen molar-refractivity contribution in [3.8, 4) is 11.5 Å². The van der Waals surface area contributed by atoms with E-state index in [0.29, 0.717) is 22.2 Å². The van der Waals surface area contributed by atoms with E-state index in [9.17, 15) is 4.79 Å². The summed E-state index contributed by atoms with van der Waals surface area (Å²) in [5, 5.41) is 6.60. The summed E-state index contributed by atoms with van der Waals surface area (Å²) in [6.07, 6.45) is 1.62. The number of piperidine rings is 1. The van der Waals surface area contributed by atoms with E-state index >= 15 is 0 Å². The van der Waals surface area contributed by atoms with Crippen LogP contribution in [-0.4, -0.2) is 33.2 Å². The van der Waals surface area contributed by atoms with Gasteiger partial charge >= 0.3 is 0 Å². The fourth-order valence-electron chi connectivity index (χ4n) is 2.43. The first kappa shape index (κ1) is 15.9. The average molecular weight is 313 g/mol. The molecular formula is C15H21ClN2O3. The van der Waals surface area contributed by atoms with E-state index in [1.807, 2.05) is 6.92 Å². The van der Waals surface area contributed by atoms with Crippen LogP contribution in [0.1, 0.15) is 19.8 Å². The van der Waals surface area contributed by atoms with Crippen LogP contribution in [0.15, 0.2) is 12.1 Å². The molecule has 1 aromatic rings. The number of nitrogens with one attached hydrogen (secondary N) is 2. The molecular weight excluding hydrogens is 292 g/mol. The Bertz CT molecular complexity index is 528. The maximum atomic E-state index is 12.5. The summed E-state index contributed by atoms with van der Waals surface area (Å²) in [6, 6.07) is 3.32. The van der Waals surface area contributed by atoms with Crippen molar-refractivity contribution in [2.45, 2.75) is 19.8 Å². The Hall–Kier alpha value is -1.46. The van der Waals surface area contributed by atoms with Gasteiger partial charge in [0, 0.05) is 17.5 Å². The second-order valence-corrected chi connectivity index (χ2v) is 5.86. The van der Waals surface area contributed by atoms with Crippen molar-refractivity contribution in [1.82, 2.24) is 5.32 Å². The number of hydrogen-bond donors (Lipinski definition) is 2. The van der Waals surface area contributed by atoms with Crippen LogP contribution in [-0.2, 0) is 4.79 Å². The van der Waals surface area contributed by atoms with Gasteiger partial charge in [-0.1, -0.05) is 18.5 Å². The largest absolute Gasteiger partial charge is 0.493 e. The molecule has 0 atom stereocenters. The lowest BCUT2D eigenvalue weighted by Gasteiger charge is -2.32. The summed E-state index contributed by atoms with van der Waals surface area (Å²) in [5.41, 5.74) is 0.168. The Morgan fingerprint density at radius 2 is 1.81 bits per heavy atom. The van der Waals surface area contributed by atoms with Gasteiger partial charge in [0.1, 0.15) is 0 Å². The number of methoxy groups -OCH3 is 2. The first-order valence-electron chi connectivity index (χ1n) is 6.94. The smallest absolute Gasteiger partial charge is 0.230 e. The van der Waals surface area contributed by atoms with Crippen LogP contribution in [0.4, 0.5) is 5.69 Å². The van der Waals surface area contributed by atoms with Crippen molar-refractivity contribution in [2.75, 3.05) is 32.6 Å². The molecule has 6 heteroatoms. The van der Waals surface area contributed by atoms with E-state index in [4.69, 9.17) is 21.1 Å². The molecule has 1 heterocycles. The molecule has 2 N–H and O–H groups in total. The Kier molecular flexibility index (Phi) is 4.96. The van der Waals surface area contributed by atoms with Gasteiger partial charge in [0.2, 0.25) is 5.91 Å². The van der Waals surface area contributed by atoms with Crippen LogP contribution in [0.5, 0.6) is 11.5 Å². The molecule has 0 saturated carbocycles. The molecule has 2 rings (SSSR count). The van der Waals surface area contributed by atoms with Crippen molar-refractivity contribution in [3.63, 3.8) is 0 Å². The van der Waals surface area contributed by atoms with Crippen molar-refractivity contribution in [3.05, 3.63) is 17.2 Å². The average Bonchev–Trinajstić information content (AvgIpc) is 2.49. The van der Waals surface area contributed by atoms with Gasteiger partial charge in [0.05, 0.1) is 24.9 Å². The maximum Gasteiger partial charge on any atom is 0.230 e. The molecule has 0 unspecified atom stereocenters. The molecule has 0 spiro atoms. The van der Waals surface area contributed by atoms with Gasteiger partial charge in [-0.05, 0) is 25.9 Å². The first-order chi connectivity index (χ1) is 10.00. The SMILES string of the molecule is COc1cc(Cl)c(NC(=O)C2(C)CCNCC2)cc1OC. The van der Waals surface area contributed by atoms with E-state index in [-0.39, 0.29) is 11.3 Å². The van der Waals surface area contributed by atoms with Crippen molar-refractivity contribution < 1.29 is 14.3 Å². The number of hydrogen-bond acceptors (Lipinski definition) is 4. The third-order valence-electron chi connectivity index (χ3n) is 3.98. The lowest BCUT2D eigenvalue weighted by atomic mass is 9.80. The lowest BCUT2D eigenvalue weighted by Crippen LogP contribution is -2.42. The first-order valence-corrected chi connectivity index (χ1v) is 7.31. The van der Waals surface area contributed by atoms with E-state index in [1.54, 1.807) is 26.4 Å². The van der Waals surface area contributed by atoms with Crippen molar-refractivity contribution >= 4 is 23.2 Å². The van der Waals surface area contributed by atoms with E-state index in [1.165, 1.54) is 0 Å². The highest BCUT2D eigenvalue weighted by atomic mass is 35.5. The van der Waals surface area contributed by atoms with Crippen LogP contribution in [0.2, 0.25) is 5.02 Å². The minimum atomic E-state index is -0.373. The van der Waals surface area contributed by atoms with Crippen molar-refractivity contribution in [2.24, 2.45) is 5.41 Å². The molecule has 5 nitrogen and oxygen atoms in total. The van der Waals surface area contributed by atoms with Crippen LogP contribution in [0.3, 0.4) is 0 Å². The third kappa shape index (κ3) is 3.41. The monoisotopic (exact) mass is 312 g/mol. The standard InChI is InChI=1S/C15H21ClN2O3/c1-15(4-6-17-7-5-15)14(19)18-11-9-13(21-3)12(20-2)8-10(11)16/h8-9,17H,4-7H2,1-3H3,(H,18,19). The van der Waals surface area contributed by atoms with Gasteiger partial charge < -0.3 is 20.1 Å². The number of amides is 1. The molecule has 1 aromatic carbocycles. The highest BCUT2D eigenvalue weighted by Crippen LogP contribution is 2.37. The number of carbonyl (C=O) groups is 1. The lowest BCUT2D eigenvalue weighted by molar-refractivity contribution is -0.126. The predicted molar refractivity (Wildman–Crippen MR) is 83.4 cm³/mol. The molecule has 1 amide bonds. The summed E-state index contributed by atoms with van der Waals surface area (Å²) < 4.78 is 10.4. The topological polar surface area (TPSA) is 59.6 Å². The zero-order chi connectivity index (χ0) is 15.5. The molecule has 1 fully saturated rings. The highest BCUT2D eigenvalue weighted by molar-refractivity contribution is 6.34. The Balaban J connectivity index is 2.20. The van der Waals surface area contributed by atoms with Crippen LogP contribution in [0.25, 0.3) is 0 Å². The van der Waals surface area contributed by atoms with E-state index in [0.717, 1.165) is 25.9 Å². The summed E-state index contributed by atoms with van der Waals surface area (Å²) >= 11 is 6.20. The molecule has 0 bridgehead atoms. The van der Waals surface area contributed by atoms with Crippen molar-refractivity contribution in [1.29, 1.82) is 0 Å². The fourth-order valence-corrected chi connectivity index (χ4v) is 2.63. The van der Waals surface area contributed by atoms with Crippen LogP contribution < -0.4 is 20.1 Å². The summed E-state index contributed by atoms with van der Waals surface area (Å²) in [7, 11) is 3.09. The summed E-state index contributed by atoms with van der Waals surface area (Å²) in [5.74, 6) is 1.05. The second kappa shape index (κ2) is 6.54. The van der Waals surface area contributed by atoms with Gasteiger partial charge in [0.15, 0.2) is 11.5 Å². The fraction of sp³-hybridized carbons (Fsp3) is 0.533. The molecule has 0 aliphatic carbocycles. The number of anilines is 1. The molecule has 1 aliphatic rings. The predicted octanol–water partition coefficient (Wildman–Crippen LogP) is 2.69. The number of ether oxygens (including phenoxy) is 2. The third-order valence-corrected chi connectivity index (χ3v) is 4.29. The van der Waals surface area contributed by atoms with E-state index in [2.05, 4.69) is 10.6 Å². The molecule has 1 saturated heterocycles. The Morgan fingerprint density at radius 3 is 2.38 bits per heavy atom. The van der Waals surface area contributed by atoms with Crippen LogP contribution >= 0.6 is 11.6 Å². The molecule has 1 aliphatic heterocycles.